The lowest BCUT2D eigenvalue weighted by Gasteiger charge is -2.17. The van der Waals surface area contributed by atoms with Crippen molar-refractivity contribution in [1.82, 2.24) is 0 Å². The monoisotopic (exact) mass is 300 g/mol. The molecule has 0 saturated heterocycles. The smallest absolute Gasteiger partial charge is 0.166 e. The van der Waals surface area contributed by atoms with Gasteiger partial charge >= 0.3 is 6.18 Å². The molecule has 21 heavy (non-hydrogen) atoms. The summed E-state index contributed by atoms with van der Waals surface area (Å²) in [6.45, 7) is 4.33. The number of hydrogen-bond acceptors (Lipinski definition) is 0. The quantitative estimate of drug-likeness (QED) is 0.433. The van der Waals surface area contributed by atoms with Crippen molar-refractivity contribution < 1.29 is 13.2 Å². The van der Waals surface area contributed by atoms with Gasteiger partial charge in [-0.3, -0.25) is 0 Å². The molecule has 3 heteroatoms. The summed E-state index contributed by atoms with van der Waals surface area (Å²) in [6, 6.07) is 5.76. The Bertz CT molecular complexity index is 378. The van der Waals surface area contributed by atoms with E-state index in [0.29, 0.717) is 5.92 Å². The van der Waals surface area contributed by atoms with Crippen molar-refractivity contribution in [2.75, 3.05) is 0 Å². The van der Waals surface area contributed by atoms with Gasteiger partial charge in [-0.15, -0.1) is 0 Å². The molecule has 1 rings (SSSR count). The highest BCUT2D eigenvalue weighted by Gasteiger charge is 2.30. The summed E-state index contributed by atoms with van der Waals surface area (Å²) >= 11 is 0. The number of hydrogen-bond donors (Lipinski definition) is 0. The van der Waals surface area contributed by atoms with Crippen LogP contribution in [0.3, 0.4) is 0 Å². The molecule has 1 atom stereocenters. The van der Waals surface area contributed by atoms with Crippen molar-refractivity contribution >= 4 is 0 Å². The predicted molar refractivity (Wildman–Crippen MR) is 82.5 cm³/mol. The van der Waals surface area contributed by atoms with E-state index in [1.807, 2.05) is 0 Å². The zero-order chi connectivity index (χ0) is 15.7. The van der Waals surface area contributed by atoms with Crippen molar-refractivity contribution in [2.24, 2.45) is 0 Å². The van der Waals surface area contributed by atoms with Gasteiger partial charge in [-0.05, 0) is 36.5 Å². The SMILES string of the molecule is CCCCCCCC(CCC)c1ccc(C(F)(F)F)cc1. The standard InChI is InChI=1S/C18H27F3/c1-3-5-6-7-8-10-15(9-4-2)16-11-13-17(14-12-16)18(19,20)21/h11-15H,3-10H2,1-2H3. The number of halogens is 3. The molecule has 0 aliphatic heterocycles. The molecule has 0 bridgehead atoms. The molecule has 0 nitrogen and oxygen atoms in total. The molecule has 0 aromatic heterocycles. The van der Waals surface area contributed by atoms with Crippen LogP contribution in [0.15, 0.2) is 24.3 Å². The average molecular weight is 300 g/mol. The van der Waals surface area contributed by atoms with Crippen LogP contribution < -0.4 is 0 Å². The second-order valence-electron chi connectivity index (χ2n) is 5.81. The zero-order valence-electron chi connectivity index (χ0n) is 13.2. The molecule has 1 unspecified atom stereocenters. The predicted octanol–water partition coefficient (Wildman–Crippen LogP) is 6.95. The van der Waals surface area contributed by atoms with Crippen molar-refractivity contribution in [3.05, 3.63) is 35.4 Å². The van der Waals surface area contributed by atoms with Crippen LogP contribution in [0, 0.1) is 0 Å². The first-order valence-corrected chi connectivity index (χ1v) is 8.16. The molecular weight excluding hydrogens is 273 g/mol. The summed E-state index contributed by atoms with van der Waals surface area (Å²) in [5.74, 6) is 0.402. The molecule has 1 aromatic rings. The third-order valence-corrected chi connectivity index (χ3v) is 4.00. The Morgan fingerprint density at radius 3 is 1.95 bits per heavy atom. The maximum atomic E-state index is 12.6. The summed E-state index contributed by atoms with van der Waals surface area (Å²) in [6.07, 6.45) is 5.15. The highest BCUT2D eigenvalue weighted by atomic mass is 19.4. The maximum absolute atomic E-state index is 12.6. The van der Waals surface area contributed by atoms with Gasteiger partial charge in [-0.2, -0.15) is 13.2 Å². The topological polar surface area (TPSA) is 0 Å². The summed E-state index contributed by atoms with van der Waals surface area (Å²) in [5, 5.41) is 0. The van der Waals surface area contributed by atoms with E-state index in [9.17, 15) is 13.2 Å². The molecule has 120 valence electrons. The fourth-order valence-corrected chi connectivity index (χ4v) is 2.76. The Labute approximate surface area is 126 Å². The zero-order valence-corrected chi connectivity index (χ0v) is 13.2. The first-order chi connectivity index (χ1) is 9.99. The van der Waals surface area contributed by atoms with Gasteiger partial charge in [-0.25, -0.2) is 0 Å². The molecule has 0 aliphatic rings. The van der Waals surface area contributed by atoms with Crippen LogP contribution in [-0.4, -0.2) is 0 Å². The molecular formula is C18H27F3. The number of alkyl halides is 3. The second kappa shape index (κ2) is 9.11. The second-order valence-corrected chi connectivity index (χ2v) is 5.81. The Kier molecular flexibility index (Phi) is 7.84. The first-order valence-electron chi connectivity index (χ1n) is 8.16. The van der Waals surface area contributed by atoms with E-state index in [-0.39, 0.29) is 0 Å². The van der Waals surface area contributed by atoms with Gasteiger partial charge in [0.25, 0.3) is 0 Å². The van der Waals surface area contributed by atoms with E-state index in [4.69, 9.17) is 0 Å². The van der Waals surface area contributed by atoms with Crippen molar-refractivity contribution in [3.8, 4) is 0 Å². The van der Waals surface area contributed by atoms with Crippen LogP contribution in [0.4, 0.5) is 13.2 Å². The lowest BCUT2D eigenvalue weighted by molar-refractivity contribution is -0.137. The van der Waals surface area contributed by atoms with E-state index >= 15 is 0 Å². The van der Waals surface area contributed by atoms with Crippen LogP contribution in [-0.2, 0) is 6.18 Å². The third-order valence-electron chi connectivity index (χ3n) is 4.00. The van der Waals surface area contributed by atoms with E-state index in [1.54, 1.807) is 12.1 Å². The van der Waals surface area contributed by atoms with Crippen molar-refractivity contribution in [3.63, 3.8) is 0 Å². The molecule has 0 amide bonds. The number of benzene rings is 1. The molecule has 0 saturated carbocycles. The van der Waals surface area contributed by atoms with Crippen LogP contribution >= 0.6 is 0 Å². The largest absolute Gasteiger partial charge is 0.416 e. The van der Waals surface area contributed by atoms with Gasteiger partial charge in [0.05, 0.1) is 5.56 Å². The molecule has 0 aliphatic carbocycles. The molecule has 0 heterocycles. The molecule has 0 radical (unpaired) electrons. The number of unbranched alkanes of at least 4 members (excludes halogenated alkanes) is 4. The van der Waals surface area contributed by atoms with Crippen LogP contribution in [0.25, 0.3) is 0 Å². The minimum absolute atomic E-state index is 0.402. The van der Waals surface area contributed by atoms with Gasteiger partial charge in [0, 0.05) is 0 Å². The maximum Gasteiger partial charge on any atom is 0.416 e. The lowest BCUT2D eigenvalue weighted by atomic mass is 9.89. The van der Waals surface area contributed by atoms with Gasteiger partial charge in [0.15, 0.2) is 0 Å². The molecule has 0 N–H and O–H groups in total. The molecule has 0 fully saturated rings. The normalized spacial score (nSPS) is 13.4. The highest BCUT2D eigenvalue weighted by molar-refractivity contribution is 5.27. The van der Waals surface area contributed by atoms with Crippen LogP contribution in [0.2, 0.25) is 0 Å². The Hall–Kier alpha value is -0.990. The lowest BCUT2D eigenvalue weighted by Crippen LogP contribution is -2.06. The van der Waals surface area contributed by atoms with Gasteiger partial charge in [0.2, 0.25) is 0 Å². The average Bonchev–Trinajstić information content (AvgIpc) is 2.45. The Balaban J connectivity index is 2.59. The fourth-order valence-electron chi connectivity index (χ4n) is 2.76. The fraction of sp³-hybridized carbons (Fsp3) is 0.667. The van der Waals surface area contributed by atoms with Crippen molar-refractivity contribution in [2.45, 2.75) is 77.3 Å². The first kappa shape index (κ1) is 18.1. The number of rotatable bonds is 9. The van der Waals surface area contributed by atoms with Crippen LogP contribution in [0.1, 0.15) is 82.3 Å². The molecule has 0 spiro atoms. The Morgan fingerprint density at radius 1 is 0.810 bits per heavy atom. The third kappa shape index (κ3) is 6.54. The van der Waals surface area contributed by atoms with Crippen LogP contribution in [0.5, 0.6) is 0 Å². The van der Waals surface area contributed by atoms with E-state index in [0.717, 1.165) is 24.8 Å². The van der Waals surface area contributed by atoms with E-state index in [1.165, 1.54) is 44.2 Å². The minimum atomic E-state index is -4.24. The molecule has 1 aromatic carbocycles. The highest BCUT2D eigenvalue weighted by Crippen LogP contribution is 2.32. The van der Waals surface area contributed by atoms with E-state index in [2.05, 4.69) is 13.8 Å². The van der Waals surface area contributed by atoms with Crippen molar-refractivity contribution in [1.29, 1.82) is 0 Å². The summed E-state index contributed by atoms with van der Waals surface area (Å²) < 4.78 is 37.8. The van der Waals surface area contributed by atoms with Gasteiger partial charge < -0.3 is 0 Å². The summed E-state index contributed by atoms with van der Waals surface area (Å²) in [4.78, 5) is 0. The summed E-state index contributed by atoms with van der Waals surface area (Å²) in [7, 11) is 0. The minimum Gasteiger partial charge on any atom is -0.166 e. The van der Waals surface area contributed by atoms with Gasteiger partial charge in [0.1, 0.15) is 0 Å². The summed E-state index contributed by atoms with van der Waals surface area (Å²) in [5.41, 5.74) is 0.504. The van der Waals surface area contributed by atoms with E-state index < -0.39 is 11.7 Å². The Morgan fingerprint density at radius 2 is 1.43 bits per heavy atom. The van der Waals surface area contributed by atoms with Gasteiger partial charge in [-0.1, -0.05) is 64.5 Å².